The molecule has 0 aromatic rings. The monoisotopic (exact) mass is 226 g/mol. The van der Waals surface area contributed by atoms with Gasteiger partial charge in [-0.2, -0.15) is 0 Å². The summed E-state index contributed by atoms with van der Waals surface area (Å²) in [5.41, 5.74) is 0.604. The summed E-state index contributed by atoms with van der Waals surface area (Å²) in [5, 5.41) is 0. The van der Waals surface area contributed by atoms with Crippen LogP contribution in [0.4, 0.5) is 0 Å². The second-order valence-electron chi connectivity index (χ2n) is 4.40. The number of carbonyl (C=O) groups is 1. The highest BCUT2D eigenvalue weighted by atomic mass is 16.8. The van der Waals surface area contributed by atoms with Gasteiger partial charge in [-0.15, -0.1) is 0 Å². The first-order valence-electron chi connectivity index (χ1n) is 5.45. The van der Waals surface area contributed by atoms with Crippen molar-refractivity contribution < 1.29 is 23.7 Å². The van der Waals surface area contributed by atoms with Crippen molar-refractivity contribution in [2.24, 2.45) is 11.8 Å². The number of carbonyl (C=O) groups excluding carboxylic acids is 1. The molecule has 5 nitrogen and oxygen atoms in total. The van der Waals surface area contributed by atoms with Crippen molar-refractivity contribution in [2.75, 3.05) is 7.11 Å². The molecule has 4 bridgehead atoms. The Labute approximate surface area is 93.3 Å². The third-order valence-corrected chi connectivity index (χ3v) is 3.57. The molecule has 0 spiro atoms. The second-order valence-corrected chi connectivity index (χ2v) is 4.40. The summed E-state index contributed by atoms with van der Waals surface area (Å²) < 4.78 is 21.3. The van der Waals surface area contributed by atoms with Gasteiger partial charge in [0.05, 0.1) is 31.0 Å². The Bertz CT molecular complexity index is 350. The van der Waals surface area contributed by atoms with E-state index in [1.165, 1.54) is 13.4 Å². The number of esters is 1. The Morgan fingerprint density at radius 1 is 1.50 bits per heavy atom. The van der Waals surface area contributed by atoms with Crippen LogP contribution in [0.3, 0.4) is 0 Å². The van der Waals surface area contributed by atoms with Crippen LogP contribution in [-0.4, -0.2) is 31.8 Å². The van der Waals surface area contributed by atoms with Gasteiger partial charge in [-0.1, -0.05) is 0 Å². The minimum absolute atomic E-state index is 0.0517. The van der Waals surface area contributed by atoms with E-state index < -0.39 is 0 Å². The van der Waals surface area contributed by atoms with E-state index in [0.717, 1.165) is 0 Å². The minimum Gasteiger partial charge on any atom is -0.471 e. The van der Waals surface area contributed by atoms with Crippen LogP contribution < -0.4 is 0 Å². The molecule has 16 heavy (non-hydrogen) atoms. The van der Waals surface area contributed by atoms with E-state index in [4.69, 9.17) is 18.9 Å². The van der Waals surface area contributed by atoms with Gasteiger partial charge in [0, 0.05) is 12.3 Å². The first-order chi connectivity index (χ1) is 7.70. The molecule has 3 saturated heterocycles. The normalized spacial score (nSPS) is 44.6. The van der Waals surface area contributed by atoms with Crippen LogP contribution in [0.25, 0.3) is 0 Å². The van der Waals surface area contributed by atoms with Gasteiger partial charge in [0.25, 0.3) is 0 Å². The molecule has 5 atom stereocenters. The number of rotatable bonds is 1. The van der Waals surface area contributed by atoms with E-state index in [2.05, 4.69) is 0 Å². The van der Waals surface area contributed by atoms with Crippen molar-refractivity contribution in [1.82, 2.24) is 0 Å². The number of hydrogen-bond acceptors (Lipinski definition) is 5. The first kappa shape index (κ1) is 10.1. The van der Waals surface area contributed by atoms with Crippen molar-refractivity contribution in [3.63, 3.8) is 0 Å². The Morgan fingerprint density at radius 2 is 2.31 bits per heavy atom. The molecule has 4 aliphatic rings. The van der Waals surface area contributed by atoms with Gasteiger partial charge in [0.2, 0.25) is 6.29 Å². The smallest absolute Gasteiger partial charge is 0.337 e. The van der Waals surface area contributed by atoms with Gasteiger partial charge < -0.3 is 18.9 Å². The zero-order valence-corrected chi connectivity index (χ0v) is 9.21. The first-order valence-corrected chi connectivity index (χ1v) is 5.45. The van der Waals surface area contributed by atoms with E-state index in [1.54, 1.807) is 0 Å². The molecule has 3 fully saturated rings. The summed E-state index contributed by atoms with van der Waals surface area (Å²) in [4.78, 5) is 11.6. The average Bonchev–Trinajstić information content (AvgIpc) is 2.27. The lowest BCUT2D eigenvalue weighted by Gasteiger charge is -2.51. The lowest BCUT2D eigenvalue weighted by atomic mass is 9.75. The lowest BCUT2D eigenvalue weighted by Crippen LogP contribution is -2.57. The van der Waals surface area contributed by atoms with Gasteiger partial charge in [-0.05, 0) is 6.92 Å². The predicted molar refractivity (Wildman–Crippen MR) is 52.0 cm³/mol. The summed E-state index contributed by atoms with van der Waals surface area (Å²) in [5.74, 6) is -0.0963. The molecule has 0 aromatic carbocycles. The SMILES string of the molecule is COC(=O)C1=COC2OC3C[C@H]1[C@H]2[C@H](C)O3. The zero-order valence-electron chi connectivity index (χ0n) is 9.21. The number of hydrogen-bond donors (Lipinski definition) is 0. The Kier molecular flexibility index (Phi) is 2.19. The van der Waals surface area contributed by atoms with Gasteiger partial charge in [-0.25, -0.2) is 4.79 Å². The van der Waals surface area contributed by atoms with Gasteiger partial charge in [0.1, 0.15) is 0 Å². The molecule has 0 aromatic heterocycles. The summed E-state index contributed by atoms with van der Waals surface area (Å²) in [6, 6.07) is 0. The summed E-state index contributed by atoms with van der Waals surface area (Å²) in [7, 11) is 1.38. The van der Waals surface area contributed by atoms with Crippen LogP contribution in [0.2, 0.25) is 0 Å². The molecule has 5 heteroatoms. The lowest BCUT2D eigenvalue weighted by molar-refractivity contribution is -0.363. The highest BCUT2D eigenvalue weighted by Crippen LogP contribution is 2.47. The zero-order chi connectivity index (χ0) is 11.3. The maximum atomic E-state index is 11.6. The van der Waals surface area contributed by atoms with Crippen LogP contribution in [0, 0.1) is 11.8 Å². The van der Waals surface area contributed by atoms with Crippen molar-refractivity contribution in [3.05, 3.63) is 11.8 Å². The molecule has 0 radical (unpaired) electrons. The Balaban J connectivity index is 1.93. The standard InChI is InChI=1S/C11H14O5/c1-5-9-6-3-8(15-5)16-11(9)14-4-7(6)10(12)13-2/h4-6,8-9,11H,3H2,1-2H3/t5-,6+,8?,9+,11?/m0/s1. The predicted octanol–water partition coefficient (Wildman–Crippen LogP) is 0.797. The Morgan fingerprint density at radius 3 is 3.00 bits per heavy atom. The van der Waals surface area contributed by atoms with Gasteiger partial charge in [-0.3, -0.25) is 0 Å². The molecule has 4 heterocycles. The Hall–Kier alpha value is -1.07. The van der Waals surface area contributed by atoms with E-state index in [9.17, 15) is 4.79 Å². The fourth-order valence-corrected chi connectivity index (χ4v) is 2.82. The van der Waals surface area contributed by atoms with Crippen LogP contribution in [-0.2, 0) is 23.7 Å². The van der Waals surface area contributed by atoms with E-state index in [1.807, 2.05) is 6.92 Å². The molecule has 0 saturated carbocycles. The fraction of sp³-hybridized carbons (Fsp3) is 0.727. The van der Waals surface area contributed by atoms with Crippen molar-refractivity contribution >= 4 is 5.97 Å². The molecule has 0 N–H and O–H groups in total. The molecule has 0 aliphatic carbocycles. The quantitative estimate of drug-likeness (QED) is 0.619. The summed E-state index contributed by atoms with van der Waals surface area (Å²) >= 11 is 0. The minimum atomic E-state index is -0.316. The number of fused-ring (bicyclic) bond motifs is 1. The largest absolute Gasteiger partial charge is 0.471 e. The van der Waals surface area contributed by atoms with Crippen LogP contribution >= 0.6 is 0 Å². The maximum absolute atomic E-state index is 11.6. The molecule has 4 rings (SSSR count). The molecule has 88 valence electrons. The topological polar surface area (TPSA) is 54.0 Å². The second kappa shape index (κ2) is 3.46. The molecule has 2 unspecified atom stereocenters. The van der Waals surface area contributed by atoms with Crippen LogP contribution in [0.15, 0.2) is 11.8 Å². The van der Waals surface area contributed by atoms with E-state index in [-0.39, 0.29) is 36.5 Å². The van der Waals surface area contributed by atoms with E-state index >= 15 is 0 Å². The van der Waals surface area contributed by atoms with Gasteiger partial charge >= 0.3 is 5.97 Å². The van der Waals surface area contributed by atoms with Crippen LogP contribution in [0.1, 0.15) is 13.3 Å². The molecular weight excluding hydrogens is 212 g/mol. The fourth-order valence-electron chi connectivity index (χ4n) is 2.82. The van der Waals surface area contributed by atoms with Crippen molar-refractivity contribution in [3.8, 4) is 0 Å². The molecule has 0 amide bonds. The van der Waals surface area contributed by atoms with Crippen molar-refractivity contribution in [1.29, 1.82) is 0 Å². The van der Waals surface area contributed by atoms with Crippen molar-refractivity contribution in [2.45, 2.75) is 32.0 Å². The number of ether oxygens (including phenoxy) is 4. The summed E-state index contributed by atoms with van der Waals surface area (Å²) in [6.07, 6.45) is 1.70. The third kappa shape index (κ3) is 1.28. The highest BCUT2D eigenvalue weighted by Gasteiger charge is 2.53. The third-order valence-electron chi connectivity index (χ3n) is 3.57. The number of methoxy groups -OCH3 is 1. The van der Waals surface area contributed by atoms with Crippen LogP contribution in [0.5, 0.6) is 0 Å². The average molecular weight is 226 g/mol. The van der Waals surface area contributed by atoms with E-state index in [0.29, 0.717) is 12.0 Å². The molecule has 4 aliphatic heterocycles. The molecular formula is C11H14O5. The van der Waals surface area contributed by atoms with Gasteiger partial charge in [0.15, 0.2) is 6.29 Å². The summed E-state index contributed by atoms with van der Waals surface area (Å²) in [6.45, 7) is 1.99. The maximum Gasteiger partial charge on any atom is 0.337 e. The highest BCUT2D eigenvalue weighted by molar-refractivity contribution is 5.89.